The number of hydrogen-bond donors (Lipinski definition) is 2. The number of aryl methyl sites for hydroxylation is 1. The Hall–Kier alpha value is -2.47. The standard InChI is InChI=1S/C26H27F7N2O2S/c27-18-5-10-21(11-6-18)38-35-19(14-34-24(37)15-2-8-20(36)9-3-15)7-1-16-13-17(4-12-22(16)35)23(25(28,29)30)26(31,32)33/h4-6,10-13,15,19-20,23,36H,1-3,7-9,14H2,(H,34,37)/t15?,19-,20?/m0/s1. The summed E-state index contributed by atoms with van der Waals surface area (Å²) in [5.74, 6) is -4.42. The SMILES string of the molecule is O=C(NC[C@@H]1CCc2cc(C(C(F)(F)F)C(F)(F)F)ccc2N1Sc1ccc(F)cc1)C1CCC(O)CC1. The summed E-state index contributed by atoms with van der Waals surface area (Å²) in [6.45, 7) is 0.209. The van der Waals surface area contributed by atoms with Gasteiger partial charge in [-0.1, -0.05) is 12.1 Å². The highest BCUT2D eigenvalue weighted by atomic mass is 32.2. The number of carbonyl (C=O) groups is 1. The summed E-state index contributed by atoms with van der Waals surface area (Å²) in [6.07, 6.45) is -8.58. The minimum absolute atomic E-state index is 0.150. The van der Waals surface area contributed by atoms with Gasteiger partial charge in [0.25, 0.3) is 0 Å². The molecule has 208 valence electrons. The van der Waals surface area contributed by atoms with E-state index in [0.29, 0.717) is 48.3 Å². The lowest BCUT2D eigenvalue weighted by molar-refractivity contribution is -0.253. The normalized spacial score (nSPS) is 22.3. The van der Waals surface area contributed by atoms with Gasteiger partial charge in [0.15, 0.2) is 5.92 Å². The van der Waals surface area contributed by atoms with Crippen molar-refractivity contribution in [3.05, 3.63) is 59.4 Å². The number of amides is 1. The average molecular weight is 565 g/mol. The molecule has 1 fully saturated rings. The molecule has 0 aromatic heterocycles. The zero-order chi connectivity index (χ0) is 27.7. The van der Waals surface area contributed by atoms with Gasteiger partial charge in [0.1, 0.15) is 5.82 Å². The zero-order valence-corrected chi connectivity index (χ0v) is 21.0. The maximum absolute atomic E-state index is 13.4. The van der Waals surface area contributed by atoms with Crippen molar-refractivity contribution < 1.29 is 40.6 Å². The van der Waals surface area contributed by atoms with E-state index in [9.17, 15) is 40.6 Å². The second kappa shape index (κ2) is 11.3. The van der Waals surface area contributed by atoms with Crippen LogP contribution in [0.15, 0.2) is 47.4 Å². The Kier molecular flexibility index (Phi) is 8.51. The fourth-order valence-corrected chi connectivity index (χ4v) is 6.11. The van der Waals surface area contributed by atoms with Gasteiger partial charge in [0.05, 0.1) is 17.8 Å². The first-order chi connectivity index (χ1) is 17.8. The fourth-order valence-electron chi connectivity index (χ4n) is 5.02. The van der Waals surface area contributed by atoms with Crippen molar-refractivity contribution in [1.82, 2.24) is 5.32 Å². The molecule has 2 N–H and O–H groups in total. The lowest BCUT2D eigenvalue weighted by Gasteiger charge is -2.38. The molecule has 4 nitrogen and oxygen atoms in total. The van der Waals surface area contributed by atoms with Crippen LogP contribution in [0.25, 0.3) is 0 Å². The van der Waals surface area contributed by atoms with Crippen molar-refractivity contribution in [2.45, 2.75) is 73.8 Å². The molecule has 12 heteroatoms. The molecule has 1 heterocycles. The molecule has 4 rings (SSSR count). The van der Waals surface area contributed by atoms with Crippen LogP contribution in [0.4, 0.5) is 36.4 Å². The highest BCUT2D eigenvalue weighted by molar-refractivity contribution is 8.00. The predicted octanol–water partition coefficient (Wildman–Crippen LogP) is 6.53. The van der Waals surface area contributed by atoms with Gasteiger partial charge in [-0.05, 0) is 91.9 Å². The second-order valence-electron chi connectivity index (χ2n) is 9.72. The van der Waals surface area contributed by atoms with Gasteiger partial charge in [-0.3, -0.25) is 4.79 Å². The Bertz CT molecular complexity index is 1100. The van der Waals surface area contributed by atoms with Crippen LogP contribution < -0.4 is 9.62 Å². The number of anilines is 1. The summed E-state index contributed by atoms with van der Waals surface area (Å²) in [5, 5.41) is 12.6. The quantitative estimate of drug-likeness (QED) is 0.310. The molecular formula is C26H27F7N2O2S. The predicted molar refractivity (Wildman–Crippen MR) is 129 cm³/mol. The van der Waals surface area contributed by atoms with Crippen molar-refractivity contribution in [1.29, 1.82) is 0 Å². The monoisotopic (exact) mass is 564 g/mol. The topological polar surface area (TPSA) is 52.6 Å². The largest absolute Gasteiger partial charge is 0.404 e. The van der Waals surface area contributed by atoms with Gasteiger partial charge < -0.3 is 14.7 Å². The number of nitrogens with one attached hydrogen (secondary N) is 1. The van der Waals surface area contributed by atoms with Gasteiger partial charge in [-0.25, -0.2) is 4.39 Å². The third kappa shape index (κ3) is 6.74. The molecule has 1 aliphatic heterocycles. The number of hydrogen-bond acceptors (Lipinski definition) is 4. The summed E-state index contributed by atoms with van der Waals surface area (Å²) in [6, 6.07) is 8.29. The van der Waals surface area contributed by atoms with Crippen LogP contribution in [0.1, 0.15) is 49.1 Å². The third-order valence-electron chi connectivity index (χ3n) is 7.00. The Morgan fingerprint density at radius 1 is 0.974 bits per heavy atom. The summed E-state index contributed by atoms with van der Waals surface area (Å²) < 4.78 is 95.1. The van der Waals surface area contributed by atoms with E-state index in [4.69, 9.17) is 0 Å². The van der Waals surface area contributed by atoms with Crippen molar-refractivity contribution in [2.24, 2.45) is 5.92 Å². The first kappa shape index (κ1) is 28.5. The molecule has 1 saturated carbocycles. The number of alkyl halides is 6. The van der Waals surface area contributed by atoms with E-state index < -0.39 is 35.8 Å². The van der Waals surface area contributed by atoms with E-state index in [0.717, 1.165) is 12.1 Å². The van der Waals surface area contributed by atoms with E-state index in [1.54, 1.807) is 4.31 Å². The molecule has 2 aliphatic rings. The first-order valence-electron chi connectivity index (χ1n) is 12.3. The highest BCUT2D eigenvalue weighted by Crippen LogP contribution is 2.48. The number of aliphatic hydroxyl groups is 1. The van der Waals surface area contributed by atoms with E-state index >= 15 is 0 Å². The van der Waals surface area contributed by atoms with Crippen LogP contribution in [-0.4, -0.2) is 42.1 Å². The lowest BCUT2D eigenvalue weighted by atomic mass is 9.87. The third-order valence-corrected chi connectivity index (χ3v) is 8.18. The van der Waals surface area contributed by atoms with Crippen molar-refractivity contribution in [3.63, 3.8) is 0 Å². The fraction of sp³-hybridized carbons (Fsp3) is 0.500. The van der Waals surface area contributed by atoms with Gasteiger partial charge in [-0.15, -0.1) is 0 Å². The van der Waals surface area contributed by atoms with Gasteiger partial charge in [0.2, 0.25) is 5.91 Å². The van der Waals surface area contributed by atoms with Crippen LogP contribution in [0.5, 0.6) is 0 Å². The average Bonchev–Trinajstić information content (AvgIpc) is 2.83. The number of rotatable bonds is 6. The van der Waals surface area contributed by atoms with Crippen molar-refractivity contribution in [2.75, 3.05) is 10.8 Å². The Morgan fingerprint density at radius 3 is 2.21 bits per heavy atom. The Morgan fingerprint density at radius 2 is 1.61 bits per heavy atom. The lowest BCUT2D eigenvalue weighted by Crippen LogP contribution is -2.45. The van der Waals surface area contributed by atoms with Crippen LogP contribution in [-0.2, 0) is 11.2 Å². The molecule has 1 aliphatic carbocycles. The van der Waals surface area contributed by atoms with Crippen LogP contribution in [0.3, 0.4) is 0 Å². The van der Waals surface area contributed by atoms with Crippen molar-refractivity contribution in [3.8, 4) is 0 Å². The van der Waals surface area contributed by atoms with Crippen LogP contribution >= 0.6 is 11.9 Å². The maximum atomic E-state index is 13.4. The molecule has 0 radical (unpaired) electrons. The van der Waals surface area contributed by atoms with E-state index in [-0.39, 0.29) is 30.8 Å². The highest BCUT2D eigenvalue weighted by Gasteiger charge is 2.57. The molecule has 38 heavy (non-hydrogen) atoms. The number of fused-ring (bicyclic) bond motifs is 1. The number of benzene rings is 2. The summed E-state index contributed by atoms with van der Waals surface area (Å²) in [7, 11) is 0. The summed E-state index contributed by atoms with van der Waals surface area (Å²) in [5.41, 5.74) is -0.0985. The van der Waals surface area contributed by atoms with E-state index in [1.165, 1.54) is 42.3 Å². The maximum Gasteiger partial charge on any atom is 0.404 e. The molecular weight excluding hydrogens is 537 g/mol. The van der Waals surface area contributed by atoms with Gasteiger partial charge >= 0.3 is 12.4 Å². The molecule has 2 aromatic rings. The Labute approximate surface area is 219 Å². The van der Waals surface area contributed by atoms with Gasteiger partial charge in [0, 0.05) is 17.4 Å². The summed E-state index contributed by atoms with van der Waals surface area (Å²) >= 11 is 1.17. The Balaban J connectivity index is 1.59. The second-order valence-corrected chi connectivity index (χ2v) is 10.8. The minimum atomic E-state index is -5.49. The number of nitrogens with zero attached hydrogens (tertiary/aromatic N) is 1. The number of aliphatic hydroxyl groups excluding tert-OH is 1. The van der Waals surface area contributed by atoms with E-state index in [1.807, 2.05) is 0 Å². The molecule has 1 atom stereocenters. The molecule has 0 unspecified atom stereocenters. The summed E-state index contributed by atoms with van der Waals surface area (Å²) in [4.78, 5) is 13.3. The van der Waals surface area contributed by atoms with Crippen molar-refractivity contribution >= 4 is 23.5 Å². The first-order valence-corrected chi connectivity index (χ1v) is 13.0. The minimum Gasteiger partial charge on any atom is -0.393 e. The molecule has 0 spiro atoms. The molecule has 2 aromatic carbocycles. The smallest absolute Gasteiger partial charge is 0.393 e. The molecule has 0 saturated heterocycles. The van der Waals surface area contributed by atoms with Crippen LogP contribution in [0, 0.1) is 11.7 Å². The number of halogens is 7. The van der Waals surface area contributed by atoms with E-state index in [2.05, 4.69) is 5.32 Å². The molecule has 0 bridgehead atoms. The zero-order valence-electron chi connectivity index (χ0n) is 20.2. The van der Waals surface area contributed by atoms with Gasteiger partial charge in [-0.2, -0.15) is 26.3 Å². The number of carbonyl (C=O) groups excluding carboxylic acids is 1. The van der Waals surface area contributed by atoms with Crippen LogP contribution in [0.2, 0.25) is 0 Å². The molecule has 1 amide bonds.